The van der Waals surface area contributed by atoms with E-state index in [1.807, 2.05) is 0 Å². The topological polar surface area (TPSA) is 125 Å². The van der Waals surface area contributed by atoms with Gasteiger partial charge in [-0.15, -0.1) is 10.1 Å². The van der Waals surface area contributed by atoms with Crippen LogP contribution >= 0.6 is 0 Å². The second-order valence-corrected chi connectivity index (χ2v) is 2.50. The highest BCUT2D eigenvalue weighted by Gasteiger charge is 2.18. The summed E-state index contributed by atoms with van der Waals surface area (Å²) >= 11 is 0. The highest BCUT2D eigenvalue weighted by molar-refractivity contribution is 5.67. The molecule has 0 atom stereocenters. The lowest BCUT2D eigenvalue weighted by Crippen LogP contribution is -2.38. The van der Waals surface area contributed by atoms with E-state index in [2.05, 4.69) is 9.57 Å². The molecule has 0 saturated heterocycles. The summed E-state index contributed by atoms with van der Waals surface area (Å²) in [6.45, 7) is 0.0451. The molecule has 16 heavy (non-hydrogen) atoms. The molecule has 0 aliphatic rings. The van der Waals surface area contributed by atoms with Gasteiger partial charge in [0.15, 0.2) is 6.73 Å². The first kappa shape index (κ1) is 13.9. The van der Waals surface area contributed by atoms with E-state index in [0.717, 1.165) is 4.90 Å². The van der Waals surface area contributed by atoms with Crippen molar-refractivity contribution in [3.05, 3.63) is 20.2 Å². The molecule has 0 aromatic carbocycles. The molecule has 92 valence electrons. The number of carbonyl (C=O) groups is 1. The van der Waals surface area contributed by atoms with E-state index in [4.69, 9.17) is 0 Å². The zero-order valence-electron chi connectivity index (χ0n) is 8.53. The number of nitrogens with zero attached hydrogens (tertiary/aromatic N) is 3. The van der Waals surface area contributed by atoms with Crippen LogP contribution in [0.1, 0.15) is 6.92 Å². The Labute approximate surface area is 90.0 Å². The van der Waals surface area contributed by atoms with Crippen LogP contribution in [0.3, 0.4) is 0 Å². The van der Waals surface area contributed by atoms with Crippen LogP contribution in [-0.4, -0.2) is 47.4 Å². The normalized spacial score (nSPS) is 9.31. The fourth-order valence-corrected chi connectivity index (χ4v) is 0.742. The van der Waals surface area contributed by atoms with E-state index in [9.17, 15) is 25.0 Å². The molecule has 10 nitrogen and oxygen atoms in total. The van der Waals surface area contributed by atoms with Crippen LogP contribution in [0.25, 0.3) is 0 Å². The molecular formula is C6H11N3O7. The lowest BCUT2D eigenvalue weighted by atomic mass is 10.6. The third kappa shape index (κ3) is 6.34. The van der Waals surface area contributed by atoms with Gasteiger partial charge in [-0.1, -0.05) is 0 Å². The molecule has 1 amide bonds. The number of hydrogen-bond donors (Lipinski definition) is 0. The van der Waals surface area contributed by atoms with E-state index in [1.165, 1.54) is 6.92 Å². The summed E-state index contributed by atoms with van der Waals surface area (Å²) in [5, 5.41) is 18.9. The Morgan fingerprint density at radius 3 is 2.44 bits per heavy atom. The molecule has 0 bridgehead atoms. The van der Waals surface area contributed by atoms with Crippen LogP contribution in [0.2, 0.25) is 0 Å². The van der Waals surface area contributed by atoms with Gasteiger partial charge in [-0.05, 0) is 6.92 Å². The standard InChI is InChI=1S/C6H11N3O7/c1-2-15-6(10)7(3-4-8(11)12)5-16-9(13)14/h2-5H2,1H3. The fraction of sp³-hybridized carbons (Fsp3) is 0.833. The quantitative estimate of drug-likeness (QED) is 0.343. The SMILES string of the molecule is CCOC(=O)N(CC[N+](=O)[O-])CO[N+](=O)[O-]. The first-order valence-corrected chi connectivity index (χ1v) is 4.28. The van der Waals surface area contributed by atoms with Crippen LogP contribution in [0, 0.1) is 20.2 Å². The molecule has 0 rings (SSSR count). The fourth-order valence-electron chi connectivity index (χ4n) is 0.742. The van der Waals surface area contributed by atoms with Crippen molar-refractivity contribution in [2.24, 2.45) is 0 Å². The summed E-state index contributed by atoms with van der Waals surface area (Å²) in [6, 6.07) is 0. The number of amides is 1. The van der Waals surface area contributed by atoms with Crippen molar-refractivity contribution in [2.45, 2.75) is 6.92 Å². The summed E-state index contributed by atoms with van der Waals surface area (Å²) in [6.07, 6.45) is -0.897. The minimum atomic E-state index is -1.10. The summed E-state index contributed by atoms with van der Waals surface area (Å²) < 4.78 is 4.53. The molecule has 0 aliphatic carbocycles. The second kappa shape index (κ2) is 7.20. The van der Waals surface area contributed by atoms with Crippen LogP contribution in [0.15, 0.2) is 0 Å². The van der Waals surface area contributed by atoms with E-state index < -0.39 is 29.4 Å². The van der Waals surface area contributed by atoms with Crippen molar-refractivity contribution >= 4 is 6.09 Å². The van der Waals surface area contributed by atoms with Crippen molar-refractivity contribution < 1.29 is 24.4 Å². The maximum Gasteiger partial charge on any atom is 0.411 e. The molecule has 0 heterocycles. The van der Waals surface area contributed by atoms with E-state index >= 15 is 0 Å². The first-order valence-electron chi connectivity index (χ1n) is 4.28. The highest BCUT2D eigenvalue weighted by atomic mass is 17.0. The molecule has 0 aromatic heterocycles. The van der Waals surface area contributed by atoms with E-state index in [0.29, 0.717) is 0 Å². The summed E-state index contributed by atoms with van der Waals surface area (Å²) in [5.74, 6) is 0. The van der Waals surface area contributed by atoms with E-state index in [-0.39, 0.29) is 13.2 Å². The maximum atomic E-state index is 11.1. The average molecular weight is 237 g/mol. The molecule has 10 heteroatoms. The van der Waals surface area contributed by atoms with Gasteiger partial charge in [0.25, 0.3) is 5.09 Å². The van der Waals surface area contributed by atoms with Crippen LogP contribution in [-0.2, 0) is 9.57 Å². The molecule has 0 aromatic rings. The van der Waals surface area contributed by atoms with Crippen LogP contribution in [0.5, 0.6) is 0 Å². The Morgan fingerprint density at radius 2 is 2.00 bits per heavy atom. The molecule has 0 fully saturated rings. The second-order valence-electron chi connectivity index (χ2n) is 2.50. The number of carbonyl (C=O) groups excluding carboxylic acids is 1. The van der Waals surface area contributed by atoms with Gasteiger partial charge in [0.1, 0.15) is 0 Å². The molecule has 0 unspecified atom stereocenters. The van der Waals surface area contributed by atoms with Gasteiger partial charge in [-0.3, -0.25) is 19.9 Å². The van der Waals surface area contributed by atoms with Crippen molar-refractivity contribution in [1.29, 1.82) is 0 Å². The monoisotopic (exact) mass is 237 g/mol. The Bertz CT molecular complexity index is 251. The molecular weight excluding hydrogens is 226 g/mol. The predicted octanol–water partition coefficient (Wildman–Crippen LogP) is -0.113. The largest absolute Gasteiger partial charge is 0.450 e. The first-order chi connectivity index (χ1) is 7.47. The van der Waals surface area contributed by atoms with Crippen molar-refractivity contribution in [1.82, 2.24) is 4.90 Å². The van der Waals surface area contributed by atoms with Crippen molar-refractivity contribution in [3.8, 4) is 0 Å². The zero-order valence-corrected chi connectivity index (χ0v) is 8.53. The summed E-state index contributed by atoms with van der Waals surface area (Å²) in [7, 11) is 0. The average Bonchev–Trinajstić information content (AvgIpc) is 2.17. The summed E-state index contributed by atoms with van der Waals surface area (Å²) in [4.78, 5) is 35.1. The Morgan fingerprint density at radius 1 is 1.38 bits per heavy atom. The minimum Gasteiger partial charge on any atom is -0.450 e. The Kier molecular flexibility index (Phi) is 6.24. The van der Waals surface area contributed by atoms with Gasteiger partial charge in [-0.2, -0.15) is 0 Å². The number of nitro groups is 1. The smallest absolute Gasteiger partial charge is 0.411 e. The number of rotatable bonds is 7. The van der Waals surface area contributed by atoms with E-state index in [1.54, 1.807) is 0 Å². The third-order valence-corrected chi connectivity index (χ3v) is 1.40. The molecule has 0 radical (unpaired) electrons. The zero-order chi connectivity index (χ0) is 12.6. The van der Waals surface area contributed by atoms with Gasteiger partial charge in [0, 0.05) is 4.92 Å². The van der Waals surface area contributed by atoms with Crippen molar-refractivity contribution in [3.63, 3.8) is 0 Å². The lowest BCUT2D eigenvalue weighted by Gasteiger charge is -2.18. The minimum absolute atomic E-state index is 0.0618. The number of ether oxygens (including phenoxy) is 1. The van der Waals surface area contributed by atoms with Gasteiger partial charge in [0.05, 0.1) is 13.2 Å². The van der Waals surface area contributed by atoms with Crippen LogP contribution in [0.4, 0.5) is 4.79 Å². The Hall–Kier alpha value is -2.13. The molecule has 0 aliphatic heterocycles. The number of hydrogen-bond acceptors (Lipinski definition) is 7. The summed E-state index contributed by atoms with van der Waals surface area (Å²) in [5.41, 5.74) is 0. The van der Waals surface area contributed by atoms with Gasteiger partial charge in [-0.25, -0.2) is 4.79 Å². The lowest BCUT2D eigenvalue weighted by molar-refractivity contribution is -0.762. The maximum absolute atomic E-state index is 11.1. The van der Waals surface area contributed by atoms with Gasteiger partial charge < -0.3 is 4.74 Å². The van der Waals surface area contributed by atoms with Gasteiger partial charge >= 0.3 is 6.09 Å². The Balaban J connectivity index is 4.19. The highest BCUT2D eigenvalue weighted by Crippen LogP contribution is 1.95. The van der Waals surface area contributed by atoms with Crippen molar-refractivity contribution in [2.75, 3.05) is 26.4 Å². The molecule has 0 N–H and O–H groups in total. The molecule has 0 saturated carbocycles. The third-order valence-electron chi connectivity index (χ3n) is 1.40. The predicted molar refractivity (Wildman–Crippen MR) is 48.5 cm³/mol. The van der Waals surface area contributed by atoms with Crippen LogP contribution < -0.4 is 0 Å². The molecule has 0 spiro atoms. The van der Waals surface area contributed by atoms with Gasteiger partial charge in [0.2, 0.25) is 6.54 Å².